The number of hydrogen-bond acceptors (Lipinski definition) is 3. The van der Waals surface area contributed by atoms with Gasteiger partial charge < -0.3 is 10.0 Å². The van der Waals surface area contributed by atoms with E-state index in [4.69, 9.17) is 0 Å². The lowest BCUT2D eigenvalue weighted by Gasteiger charge is -2.39. The first-order valence-corrected chi connectivity index (χ1v) is 9.41. The minimum absolute atomic E-state index is 0.165. The molecule has 24 heavy (non-hydrogen) atoms. The summed E-state index contributed by atoms with van der Waals surface area (Å²) in [4.78, 5) is 17.2. The van der Waals surface area contributed by atoms with Gasteiger partial charge in [-0.3, -0.25) is 9.69 Å². The molecule has 2 saturated carbocycles. The van der Waals surface area contributed by atoms with E-state index in [-0.39, 0.29) is 12.0 Å². The number of aliphatic hydroxyl groups is 1. The summed E-state index contributed by atoms with van der Waals surface area (Å²) < 4.78 is 0. The number of aliphatic hydroxyl groups excluding tert-OH is 1. The third-order valence-corrected chi connectivity index (χ3v) is 6.12. The number of piperazine rings is 1. The van der Waals surface area contributed by atoms with Crippen LogP contribution in [0.3, 0.4) is 0 Å². The van der Waals surface area contributed by atoms with Gasteiger partial charge in [0.1, 0.15) is 0 Å². The minimum Gasteiger partial charge on any atom is -0.391 e. The van der Waals surface area contributed by atoms with Gasteiger partial charge in [-0.1, -0.05) is 29.8 Å². The second kappa shape index (κ2) is 6.49. The van der Waals surface area contributed by atoms with Crippen molar-refractivity contribution in [2.24, 2.45) is 5.92 Å². The molecule has 1 aromatic carbocycles. The average Bonchev–Trinajstić information content (AvgIpc) is 3.29. The van der Waals surface area contributed by atoms with Crippen LogP contribution in [0, 0.1) is 12.8 Å². The number of carbonyl (C=O) groups excluding carboxylic acids is 1. The molecule has 1 aliphatic heterocycles. The zero-order chi connectivity index (χ0) is 16.7. The molecule has 0 aromatic heterocycles. The van der Waals surface area contributed by atoms with E-state index in [1.165, 1.54) is 11.1 Å². The second-order valence-electron chi connectivity index (χ2n) is 7.79. The summed E-state index contributed by atoms with van der Waals surface area (Å²) in [6.45, 7) is 5.57. The van der Waals surface area contributed by atoms with Gasteiger partial charge in [-0.25, -0.2) is 0 Å². The van der Waals surface area contributed by atoms with Crippen LogP contribution in [0.5, 0.6) is 0 Å². The third kappa shape index (κ3) is 3.09. The van der Waals surface area contributed by atoms with Crippen LogP contribution in [-0.2, 0) is 4.79 Å². The van der Waals surface area contributed by atoms with Crippen LogP contribution in [0.1, 0.15) is 42.7 Å². The predicted octanol–water partition coefficient (Wildman–Crippen LogP) is 2.16. The predicted molar refractivity (Wildman–Crippen MR) is 93.8 cm³/mol. The summed E-state index contributed by atoms with van der Waals surface area (Å²) in [7, 11) is 0. The molecule has 0 radical (unpaired) electrons. The van der Waals surface area contributed by atoms with E-state index in [2.05, 4.69) is 41.0 Å². The van der Waals surface area contributed by atoms with Gasteiger partial charge in [0.15, 0.2) is 0 Å². The Kier molecular flexibility index (Phi) is 4.35. The fraction of sp³-hybridized carbons (Fsp3) is 0.650. The molecule has 0 unspecified atom stereocenters. The molecule has 4 heteroatoms. The van der Waals surface area contributed by atoms with Gasteiger partial charge in [-0.15, -0.1) is 0 Å². The number of nitrogens with zero attached hydrogens (tertiary/aromatic N) is 2. The highest BCUT2D eigenvalue weighted by Gasteiger charge is 2.46. The summed E-state index contributed by atoms with van der Waals surface area (Å²) >= 11 is 0. The monoisotopic (exact) mass is 328 g/mol. The van der Waals surface area contributed by atoms with E-state index in [9.17, 15) is 9.90 Å². The van der Waals surface area contributed by atoms with Crippen molar-refractivity contribution in [1.29, 1.82) is 0 Å². The molecule has 3 fully saturated rings. The highest BCUT2D eigenvalue weighted by atomic mass is 16.3. The van der Waals surface area contributed by atoms with Gasteiger partial charge in [-0.05, 0) is 44.1 Å². The maximum Gasteiger partial charge on any atom is 0.226 e. The van der Waals surface area contributed by atoms with Crippen molar-refractivity contribution in [3.05, 3.63) is 35.4 Å². The number of benzene rings is 1. The molecule has 1 aromatic rings. The highest BCUT2D eigenvalue weighted by molar-refractivity contribution is 5.83. The molecule has 3 aliphatic rings. The lowest BCUT2D eigenvalue weighted by molar-refractivity contribution is -0.135. The van der Waals surface area contributed by atoms with Gasteiger partial charge in [0.25, 0.3) is 0 Å². The van der Waals surface area contributed by atoms with Crippen LogP contribution in [0.25, 0.3) is 0 Å². The van der Waals surface area contributed by atoms with Gasteiger partial charge in [-0.2, -0.15) is 0 Å². The molecular formula is C20H28N2O2. The number of aryl methyl sites for hydroxylation is 1. The molecule has 4 nitrogen and oxygen atoms in total. The Morgan fingerprint density at radius 3 is 2.62 bits per heavy atom. The van der Waals surface area contributed by atoms with Gasteiger partial charge in [0, 0.05) is 38.1 Å². The summed E-state index contributed by atoms with van der Waals surface area (Å²) in [5, 5.41) is 10.1. The molecule has 0 spiro atoms. The van der Waals surface area contributed by atoms with Crippen molar-refractivity contribution in [3.8, 4) is 0 Å². The number of hydrogen-bond donors (Lipinski definition) is 1. The van der Waals surface area contributed by atoms with Gasteiger partial charge in [0.05, 0.1) is 6.10 Å². The maximum atomic E-state index is 12.8. The molecule has 0 bridgehead atoms. The van der Waals surface area contributed by atoms with Crippen molar-refractivity contribution in [2.45, 2.75) is 50.7 Å². The lowest BCUT2D eigenvalue weighted by atomic mass is 10.1. The van der Waals surface area contributed by atoms with Crippen molar-refractivity contribution in [3.63, 3.8) is 0 Å². The first-order chi connectivity index (χ1) is 11.6. The molecule has 4 rings (SSSR count). The topological polar surface area (TPSA) is 43.8 Å². The van der Waals surface area contributed by atoms with E-state index in [0.717, 1.165) is 51.9 Å². The van der Waals surface area contributed by atoms with Crippen molar-refractivity contribution in [1.82, 2.24) is 9.80 Å². The van der Waals surface area contributed by atoms with Crippen molar-refractivity contribution in [2.75, 3.05) is 26.2 Å². The fourth-order valence-electron chi connectivity index (χ4n) is 4.59. The Bertz CT molecular complexity index is 609. The minimum atomic E-state index is -0.165. The molecule has 4 atom stereocenters. The molecule has 1 heterocycles. The van der Waals surface area contributed by atoms with Crippen LogP contribution in [0.4, 0.5) is 0 Å². The Balaban J connectivity index is 1.31. The lowest BCUT2D eigenvalue weighted by Crippen LogP contribution is -2.54. The van der Waals surface area contributed by atoms with E-state index in [1.54, 1.807) is 0 Å². The number of rotatable bonds is 3. The molecule has 2 aliphatic carbocycles. The van der Waals surface area contributed by atoms with Crippen LogP contribution < -0.4 is 0 Å². The van der Waals surface area contributed by atoms with E-state index in [0.29, 0.717) is 17.9 Å². The van der Waals surface area contributed by atoms with Gasteiger partial charge in [0.2, 0.25) is 5.91 Å². The second-order valence-corrected chi connectivity index (χ2v) is 7.79. The van der Waals surface area contributed by atoms with E-state index in [1.807, 2.05) is 0 Å². The highest BCUT2D eigenvalue weighted by Crippen LogP contribution is 2.48. The Morgan fingerprint density at radius 1 is 1.17 bits per heavy atom. The van der Waals surface area contributed by atoms with Crippen molar-refractivity contribution < 1.29 is 9.90 Å². The van der Waals surface area contributed by atoms with Crippen LogP contribution >= 0.6 is 0 Å². The SMILES string of the molecule is Cc1cccc([C@@H]2C[C@@H]2C(=O)N2CCN([C@H]3CCC[C@H]3O)CC2)c1. The molecule has 1 N–H and O–H groups in total. The molecular weight excluding hydrogens is 300 g/mol. The Hall–Kier alpha value is -1.39. The maximum absolute atomic E-state index is 12.8. The summed E-state index contributed by atoms with van der Waals surface area (Å²) in [5.41, 5.74) is 2.59. The Morgan fingerprint density at radius 2 is 1.96 bits per heavy atom. The first kappa shape index (κ1) is 16.1. The third-order valence-electron chi connectivity index (χ3n) is 6.12. The number of carbonyl (C=O) groups is 1. The average molecular weight is 328 g/mol. The fourth-order valence-corrected chi connectivity index (χ4v) is 4.59. The van der Waals surface area contributed by atoms with E-state index >= 15 is 0 Å². The van der Waals surface area contributed by atoms with Crippen LogP contribution in [-0.4, -0.2) is 59.1 Å². The normalized spacial score (nSPS) is 33.7. The van der Waals surface area contributed by atoms with Gasteiger partial charge >= 0.3 is 0 Å². The molecule has 130 valence electrons. The number of amides is 1. The summed E-state index contributed by atoms with van der Waals surface area (Å²) in [6, 6.07) is 8.90. The summed E-state index contributed by atoms with van der Waals surface area (Å²) in [6.07, 6.45) is 4.01. The quantitative estimate of drug-likeness (QED) is 0.925. The zero-order valence-electron chi connectivity index (χ0n) is 14.5. The zero-order valence-corrected chi connectivity index (χ0v) is 14.5. The molecule has 1 amide bonds. The summed E-state index contributed by atoms with van der Waals surface area (Å²) in [5.74, 6) is 0.954. The van der Waals surface area contributed by atoms with Crippen LogP contribution in [0.15, 0.2) is 24.3 Å². The standard InChI is InChI=1S/C20H28N2O2/c1-14-4-2-5-15(12-14)16-13-17(16)20(24)22-10-8-21(9-11-22)18-6-3-7-19(18)23/h2,4-5,12,16-19,23H,3,6-11,13H2,1H3/t16-,17-,18-,19+/m0/s1. The first-order valence-electron chi connectivity index (χ1n) is 9.41. The Labute approximate surface area is 144 Å². The largest absolute Gasteiger partial charge is 0.391 e. The van der Waals surface area contributed by atoms with Crippen molar-refractivity contribution >= 4 is 5.91 Å². The smallest absolute Gasteiger partial charge is 0.226 e. The van der Waals surface area contributed by atoms with E-state index < -0.39 is 0 Å². The van der Waals surface area contributed by atoms with Crippen LogP contribution in [0.2, 0.25) is 0 Å². The molecule has 1 saturated heterocycles.